The van der Waals surface area contributed by atoms with E-state index in [-0.39, 0.29) is 20.1 Å². The van der Waals surface area contributed by atoms with Crippen LogP contribution in [0.3, 0.4) is 0 Å². The summed E-state index contributed by atoms with van der Waals surface area (Å²) >= 11 is 0. The molecule has 0 fully saturated rings. The fraction of sp³-hybridized carbons (Fsp3) is 0. The van der Waals surface area contributed by atoms with Gasteiger partial charge in [0.05, 0.1) is 0 Å². The number of nitrogens with zero attached hydrogens (tertiary/aromatic N) is 2. The fourth-order valence-corrected chi connectivity index (χ4v) is 3.51. The second kappa shape index (κ2) is 8.48. The maximum absolute atomic E-state index is 4.65. The van der Waals surface area contributed by atoms with Crippen molar-refractivity contribution in [1.82, 2.24) is 9.97 Å². The van der Waals surface area contributed by atoms with Gasteiger partial charge in [-0.15, -0.1) is 29.8 Å². The van der Waals surface area contributed by atoms with Crippen LogP contribution in [0.4, 0.5) is 0 Å². The maximum Gasteiger partial charge on any atom is 0.0336 e. The summed E-state index contributed by atoms with van der Waals surface area (Å²) in [7, 11) is 0. The molecule has 0 bridgehead atoms. The zero-order valence-corrected chi connectivity index (χ0v) is 17.9. The van der Waals surface area contributed by atoms with Crippen molar-refractivity contribution in [1.29, 1.82) is 0 Å². The Hall–Kier alpha value is -3.13. The Kier molecular flexibility index (Phi) is 5.62. The van der Waals surface area contributed by atoms with Crippen molar-refractivity contribution < 1.29 is 20.1 Å². The first-order chi connectivity index (χ1) is 13.9. The molecule has 0 saturated heterocycles. The molecule has 141 valence electrons. The minimum atomic E-state index is 0. The summed E-state index contributed by atoms with van der Waals surface area (Å²) in [5, 5.41) is 2.32. The van der Waals surface area contributed by atoms with E-state index in [4.69, 9.17) is 0 Å². The molecule has 0 saturated carbocycles. The van der Waals surface area contributed by atoms with Crippen molar-refractivity contribution in [2.45, 2.75) is 0 Å². The summed E-state index contributed by atoms with van der Waals surface area (Å²) < 4.78 is 0. The van der Waals surface area contributed by atoms with Crippen molar-refractivity contribution in [2.24, 2.45) is 0 Å². The first kappa shape index (κ1) is 19.2. The SMILES string of the molecule is [Ir].[c-]1ccc(-c2cnccc2-c2ccccc2)cc1-c1cc2ccccc2cn1. The van der Waals surface area contributed by atoms with Crippen LogP contribution in [0.25, 0.3) is 44.3 Å². The smallest absolute Gasteiger partial charge is 0.0336 e. The summed E-state index contributed by atoms with van der Waals surface area (Å²) in [6.07, 6.45) is 5.69. The molecule has 0 aliphatic rings. The van der Waals surface area contributed by atoms with E-state index in [1.165, 1.54) is 16.5 Å². The van der Waals surface area contributed by atoms with Crippen LogP contribution in [-0.4, -0.2) is 9.97 Å². The molecule has 0 aliphatic heterocycles. The van der Waals surface area contributed by atoms with Gasteiger partial charge in [0, 0.05) is 38.7 Å². The topological polar surface area (TPSA) is 25.8 Å². The van der Waals surface area contributed by atoms with E-state index in [0.29, 0.717) is 0 Å². The molecule has 0 N–H and O–H groups in total. The second-order valence-corrected chi connectivity index (χ2v) is 6.70. The molecule has 0 spiro atoms. The van der Waals surface area contributed by atoms with Gasteiger partial charge in [0.1, 0.15) is 0 Å². The third-order valence-corrected chi connectivity index (χ3v) is 4.93. The van der Waals surface area contributed by atoms with Crippen LogP contribution < -0.4 is 0 Å². The standard InChI is InChI=1S/C26H17N2.Ir/c1-2-7-19(8-3-1)24-13-14-27-18-25(24)21-11-6-12-22(15-21)26-16-20-9-4-5-10-23(20)17-28-26;/h1-11,13-18H;/q-1;. The van der Waals surface area contributed by atoms with Gasteiger partial charge in [-0.05, 0) is 39.2 Å². The Morgan fingerprint density at radius 1 is 0.655 bits per heavy atom. The first-order valence-electron chi connectivity index (χ1n) is 9.25. The van der Waals surface area contributed by atoms with Gasteiger partial charge >= 0.3 is 0 Å². The third-order valence-electron chi connectivity index (χ3n) is 4.93. The van der Waals surface area contributed by atoms with Crippen molar-refractivity contribution >= 4 is 10.8 Å². The number of hydrogen-bond donors (Lipinski definition) is 0. The van der Waals surface area contributed by atoms with Gasteiger partial charge < -0.3 is 4.98 Å². The summed E-state index contributed by atoms with van der Waals surface area (Å²) in [5.41, 5.74) is 6.45. The molecule has 0 aliphatic carbocycles. The molecule has 0 amide bonds. The minimum absolute atomic E-state index is 0. The molecule has 2 aromatic heterocycles. The maximum atomic E-state index is 4.65. The first-order valence-corrected chi connectivity index (χ1v) is 9.25. The van der Waals surface area contributed by atoms with Crippen LogP contribution >= 0.6 is 0 Å². The van der Waals surface area contributed by atoms with Crippen LogP contribution in [0, 0.1) is 6.07 Å². The Balaban J connectivity index is 0.00000205. The number of benzene rings is 3. The largest absolute Gasteiger partial charge is 0.304 e. The van der Waals surface area contributed by atoms with Gasteiger partial charge in [-0.25, -0.2) is 0 Å². The van der Waals surface area contributed by atoms with E-state index in [1.807, 2.05) is 42.9 Å². The quantitative estimate of drug-likeness (QED) is 0.243. The van der Waals surface area contributed by atoms with Crippen LogP contribution in [-0.2, 0) is 20.1 Å². The van der Waals surface area contributed by atoms with Crippen LogP contribution in [0.15, 0.2) is 104 Å². The van der Waals surface area contributed by atoms with Crippen LogP contribution in [0.5, 0.6) is 0 Å². The molecule has 3 aromatic carbocycles. The van der Waals surface area contributed by atoms with E-state index in [1.54, 1.807) is 0 Å². The number of rotatable bonds is 3. The van der Waals surface area contributed by atoms with Crippen molar-refractivity contribution in [3.8, 4) is 33.5 Å². The molecule has 29 heavy (non-hydrogen) atoms. The molecule has 0 unspecified atom stereocenters. The molecule has 5 aromatic rings. The van der Waals surface area contributed by atoms with E-state index in [0.717, 1.165) is 27.8 Å². The van der Waals surface area contributed by atoms with Gasteiger partial charge in [0.2, 0.25) is 0 Å². The predicted molar refractivity (Wildman–Crippen MR) is 115 cm³/mol. The normalized spacial score (nSPS) is 10.5. The molecule has 5 rings (SSSR count). The van der Waals surface area contributed by atoms with E-state index >= 15 is 0 Å². The van der Waals surface area contributed by atoms with Crippen molar-refractivity contribution in [3.05, 3.63) is 110 Å². The summed E-state index contributed by atoms with van der Waals surface area (Å²) in [6.45, 7) is 0. The number of fused-ring (bicyclic) bond motifs is 1. The van der Waals surface area contributed by atoms with Crippen LogP contribution in [0.2, 0.25) is 0 Å². The minimum Gasteiger partial charge on any atom is -0.304 e. The zero-order chi connectivity index (χ0) is 18.8. The molecule has 2 nitrogen and oxygen atoms in total. The van der Waals surface area contributed by atoms with Crippen molar-refractivity contribution in [3.63, 3.8) is 0 Å². The number of aromatic nitrogens is 2. The second-order valence-electron chi connectivity index (χ2n) is 6.70. The number of hydrogen-bond acceptors (Lipinski definition) is 2. The molecule has 2 heterocycles. The fourth-order valence-electron chi connectivity index (χ4n) is 3.51. The summed E-state index contributed by atoms with van der Waals surface area (Å²) in [6, 6.07) is 32.4. The molecule has 0 atom stereocenters. The molecule has 1 radical (unpaired) electrons. The zero-order valence-electron chi connectivity index (χ0n) is 15.5. The Morgan fingerprint density at radius 3 is 2.31 bits per heavy atom. The summed E-state index contributed by atoms with van der Waals surface area (Å²) in [4.78, 5) is 9.01. The molecule has 3 heteroatoms. The predicted octanol–water partition coefficient (Wildman–Crippen LogP) is 6.43. The monoisotopic (exact) mass is 550 g/mol. The Labute approximate surface area is 183 Å². The number of pyridine rings is 2. The van der Waals surface area contributed by atoms with E-state index in [2.05, 4.69) is 76.7 Å². The Bertz CT molecular complexity index is 1270. The Morgan fingerprint density at radius 2 is 1.45 bits per heavy atom. The van der Waals surface area contributed by atoms with Crippen LogP contribution in [0.1, 0.15) is 0 Å². The average Bonchev–Trinajstić information content (AvgIpc) is 2.79. The van der Waals surface area contributed by atoms with Gasteiger partial charge in [0.25, 0.3) is 0 Å². The third kappa shape index (κ3) is 3.88. The van der Waals surface area contributed by atoms with Gasteiger partial charge in [-0.2, -0.15) is 0 Å². The van der Waals surface area contributed by atoms with E-state index in [9.17, 15) is 0 Å². The molecular weight excluding hydrogens is 533 g/mol. The van der Waals surface area contributed by atoms with Gasteiger partial charge in [-0.3, -0.25) is 4.98 Å². The van der Waals surface area contributed by atoms with Gasteiger partial charge in [-0.1, -0.05) is 66.2 Å². The average molecular weight is 550 g/mol. The van der Waals surface area contributed by atoms with E-state index < -0.39 is 0 Å². The van der Waals surface area contributed by atoms with Gasteiger partial charge in [0.15, 0.2) is 0 Å². The summed E-state index contributed by atoms with van der Waals surface area (Å²) in [5.74, 6) is 0. The van der Waals surface area contributed by atoms with Crippen molar-refractivity contribution in [2.75, 3.05) is 0 Å². The molecular formula is C26H17IrN2-.